The lowest BCUT2D eigenvalue weighted by Gasteiger charge is -2.37. The molecule has 2 fully saturated rings. The van der Waals surface area contributed by atoms with E-state index in [1.807, 2.05) is 94.7 Å². The molecule has 0 aliphatic carbocycles. The second kappa shape index (κ2) is 15.4. The number of halogens is 1. The van der Waals surface area contributed by atoms with Gasteiger partial charge >= 0.3 is 0 Å². The van der Waals surface area contributed by atoms with E-state index in [2.05, 4.69) is 48.1 Å². The number of hydrogen-bond acceptors (Lipinski definition) is 6. The standard InChI is InChI=1S/C43H48BrN3O6Si/c1-29-41(54(3,4)35-19-17-34(52-2)18-20-35)38(26-40(50)45(23-24-48)27-30-9-6-5-7-10-30)53-43(29)36-25-32(44)14-21-37(36)47(42(43)51)28-31-12-15-33(16-13-31)46-22-8-11-39(46)49/h5-7,9-10,12-21,25,29,38,41,48H,8,11,22-24,26-28H2,1-4H3/t29-,38+,41-,43+/m1/s1. The molecule has 54 heavy (non-hydrogen) atoms. The maximum atomic E-state index is 15.2. The smallest absolute Gasteiger partial charge is 0.264 e. The molecule has 3 heterocycles. The van der Waals surface area contributed by atoms with Gasteiger partial charge in [0.1, 0.15) is 5.75 Å². The fourth-order valence-corrected chi connectivity index (χ4v) is 13.4. The third kappa shape index (κ3) is 6.91. The van der Waals surface area contributed by atoms with Crippen LogP contribution in [0.3, 0.4) is 0 Å². The SMILES string of the molecule is COc1ccc([Si](C)(C)[C@H]2[C@H](CC(=O)N(CCO)Cc3ccccc3)O[C@@]3(C(=O)N(Cc4ccc(N5CCCC5=O)cc4)c4ccc(Br)cc43)[C@@H]2C)cc1. The number of hydrogen-bond donors (Lipinski definition) is 1. The van der Waals surface area contributed by atoms with Crippen molar-refractivity contribution in [3.63, 3.8) is 0 Å². The topological polar surface area (TPSA) is 99.6 Å². The Labute approximate surface area is 327 Å². The molecule has 4 aromatic rings. The van der Waals surface area contributed by atoms with Gasteiger partial charge in [0.2, 0.25) is 11.8 Å². The number of anilines is 2. The van der Waals surface area contributed by atoms with Crippen LogP contribution in [0, 0.1) is 5.92 Å². The second-order valence-electron chi connectivity index (χ2n) is 15.3. The fourth-order valence-electron chi connectivity index (χ4n) is 9.05. The number of carbonyl (C=O) groups is 3. The van der Waals surface area contributed by atoms with Gasteiger partial charge in [-0.05, 0) is 65.6 Å². The molecule has 0 bridgehead atoms. The van der Waals surface area contributed by atoms with Crippen molar-refractivity contribution in [2.45, 2.75) is 69.6 Å². The van der Waals surface area contributed by atoms with Crippen LogP contribution in [0.5, 0.6) is 5.75 Å². The Morgan fingerprint density at radius 1 is 1.00 bits per heavy atom. The molecule has 4 aromatic carbocycles. The van der Waals surface area contributed by atoms with Gasteiger partial charge in [-0.25, -0.2) is 0 Å². The molecule has 4 atom stereocenters. The van der Waals surface area contributed by atoms with Crippen LogP contribution in [0.2, 0.25) is 18.6 Å². The summed E-state index contributed by atoms with van der Waals surface area (Å²) in [5.41, 5.74) is 2.91. The Hall–Kier alpha value is -4.29. The quantitative estimate of drug-likeness (QED) is 0.159. The molecular weight excluding hydrogens is 762 g/mol. The lowest BCUT2D eigenvalue weighted by molar-refractivity contribution is -0.150. The summed E-state index contributed by atoms with van der Waals surface area (Å²) in [5.74, 6) is 0.351. The molecule has 2 saturated heterocycles. The zero-order valence-corrected chi connectivity index (χ0v) is 33.9. The van der Waals surface area contributed by atoms with Crippen LogP contribution in [0.25, 0.3) is 0 Å². The van der Waals surface area contributed by atoms with Gasteiger partial charge in [-0.3, -0.25) is 14.4 Å². The van der Waals surface area contributed by atoms with Gasteiger partial charge in [-0.1, -0.05) is 95.7 Å². The summed E-state index contributed by atoms with van der Waals surface area (Å²) in [7, 11) is -0.845. The highest BCUT2D eigenvalue weighted by atomic mass is 79.9. The Morgan fingerprint density at radius 3 is 2.37 bits per heavy atom. The van der Waals surface area contributed by atoms with Crippen LogP contribution in [-0.2, 0) is 37.8 Å². The minimum Gasteiger partial charge on any atom is -0.497 e. The molecular formula is C43H48BrN3O6Si. The van der Waals surface area contributed by atoms with Gasteiger partial charge in [0.25, 0.3) is 5.91 Å². The van der Waals surface area contributed by atoms with Crippen molar-refractivity contribution in [2.75, 3.05) is 36.6 Å². The van der Waals surface area contributed by atoms with Crippen molar-refractivity contribution >= 4 is 58.3 Å². The van der Waals surface area contributed by atoms with E-state index in [1.54, 1.807) is 12.0 Å². The third-order valence-corrected chi connectivity index (χ3v) is 16.6. The predicted molar refractivity (Wildman–Crippen MR) is 216 cm³/mol. The van der Waals surface area contributed by atoms with Crippen molar-refractivity contribution < 1.29 is 29.0 Å². The van der Waals surface area contributed by atoms with Crippen molar-refractivity contribution in [2.24, 2.45) is 5.92 Å². The lowest BCUT2D eigenvalue weighted by atomic mass is 9.82. The van der Waals surface area contributed by atoms with E-state index in [0.29, 0.717) is 26.1 Å². The molecule has 282 valence electrons. The maximum absolute atomic E-state index is 15.2. The van der Waals surface area contributed by atoms with E-state index in [0.717, 1.165) is 44.7 Å². The van der Waals surface area contributed by atoms with Crippen molar-refractivity contribution in [3.05, 3.63) is 118 Å². The van der Waals surface area contributed by atoms with E-state index < -0.39 is 19.8 Å². The van der Waals surface area contributed by atoms with Gasteiger partial charge in [-0.15, -0.1) is 0 Å². The van der Waals surface area contributed by atoms with Crippen LogP contribution in [-0.4, -0.2) is 68.7 Å². The van der Waals surface area contributed by atoms with Gasteiger partial charge in [0.05, 0.1) is 46.5 Å². The molecule has 0 saturated carbocycles. The first-order chi connectivity index (χ1) is 26.0. The van der Waals surface area contributed by atoms with Crippen LogP contribution in [0.15, 0.2) is 102 Å². The Kier molecular flexibility index (Phi) is 10.9. The van der Waals surface area contributed by atoms with Crippen LogP contribution in [0.4, 0.5) is 11.4 Å². The molecule has 0 aromatic heterocycles. The lowest BCUT2D eigenvalue weighted by Crippen LogP contribution is -2.52. The largest absolute Gasteiger partial charge is 0.497 e. The summed E-state index contributed by atoms with van der Waals surface area (Å²) < 4.78 is 13.6. The Morgan fingerprint density at radius 2 is 1.72 bits per heavy atom. The Bertz CT molecular complexity index is 2010. The molecule has 3 aliphatic heterocycles. The number of aliphatic hydroxyl groups excluding tert-OH is 1. The molecule has 9 nitrogen and oxygen atoms in total. The first kappa shape index (κ1) is 38.0. The summed E-state index contributed by atoms with van der Waals surface area (Å²) in [4.78, 5) is 47.3. The molecule has 0 radical (unpaired) electrons. The summed E-state index contributed by atoms with van der Waals surface area (Å²) in [6.45, 7) is 8.17. The van der Waals surface area contributed by atoms with Gasteiger partial charge in [-0.2, -0.15) is 0 Å². The van der Waals surface area contributed by atoms with Gasteiger partial charge < -0.3 is 29.3 Å². The van der Waals surface area contributed by atoms with E-state index in [-0.39, 0.29) is 48.8 Å². The molecule has 0 unspecified atom stereocenters. The average Bonchev–Trinajstić information content (AvgIpc) is 3.80. The minimum absolute atomic E-state index is 0.0729. The number of nitrogens with zero attached hydrogens (tertiary/aromatic N) is 3. The number of fused-ring (bicyclic) bond motifs is 2. The fraction of sp³-hybridized carbons (Fsp3) is 0.372. The van der Waals surface area contributed by atoms with Crippen molar-refractivity contribution in [1.82, 2.24) is 4.90 Å². The first-order valence-electron chi connectivity index (χ1n) is 18.7. The zero-order chi connectivity index (χ0) is 38.2. The zero-order valence-electron chi connectivity index (χ0n) is 31.3. The van der Waals surface area contributed by atoms with Gasteiger partial charge in [0, 0.05) is 47.7 Å². The van der Waals surface area contributed by atoms with Gasteiger partial charge in [0.15, 0.2) is 5.60 Å². The summed E-state index contributed by atoms with van der Waals surface area (Å²) in [5, 5.41) is 11.2. The highest BCUT2D eigenvalue weighted by Crippen LogP contribution is 2.60. The van der Waals surface area contributed by atoms with E-state index in [1.165, 1.54) is 5.19 Å². The normalized spacial score (nSPS) is 22.3. The summed E-state index contributed by atoms with van der Waals surface area (Å²) in [6, 6.07) is 31.8. The van der Waals surface area contributed by atoms with Crippen molar-refractivity contribution in [1.29, 1.82) is 0 Å². The Balaban J connectivity index is 1.26. The van der Waals surface area contributed by atoms with Crippen LogP contribution in [0.1, 0.15) is 42.9 Å². The highest BCUT2D eigenvalue weighted by molar-refractivity contribution is 9.10. The van der Waals surface area contributed by atoms with E-state index >= 15 is 4.79 Å². The summed E-state index contributed by atoms with van der Waals surface area (Å²) in [6.07, 6.45) is 0.924. The molecule has 11 heteroatoms. The van der Waals surface area contributed by atoms with E-state index in [9.17, 15) is 14.7 Å². The molecule has 3 aliphatic rings. The predicted octanol–water partition coefficient (Wildman–Crippen LogP) is 6.76. The highest BCUT2D eigenvalue weighted by Gasteiger charge is 2.66. The number of aliphatic hydroxyl groups is 1. The number of amides is 3. The van der Waals surface area contributed by atoms with E-state index in [4.69, 9.17) is 9.47 Å². The molecule has 1 spiro atoms. The monoisotopic (exact) mass is 809 g/mol. The molecule has 3 amide bonds. The first-order valence-corrected chi connectivity index (χ1v) is 22.6. The maximum Gasteiger partial charge on any atom is 0.264 e. The number of benzene rings is 4. The minimum atomic E-state index is -2.50. The number of ether oxygens (including phenoxy) is 2. The third-order valence-electron chi connectivity index (χ3n) is 11.8. The summed E-state index contributed by atoms with van der Waals surface area (Å²) >= 11 is 3.69. The number of methoxy groups -OCH3 is 1. The van der Waals surface area contributed by atoms with Crippen molar-refractivity contribution in [3.8, 4) is 5.75 Å². The number of carbonyl (C=O) groups excluding carboxylic acids is 3. The second-order valence-corrected chi connectivity index (χ2v) is 20.9. The molecule has 1 N–H and O–H groups in total. The van der Waals surface area contributed by atoms with Crippen LogP contribution < -0.4 is 19.7 Å². The van der Waals surface area contributed by atoms with Crippen LogP contribution >= 0.6 is 15.9 Å². The molecule has 7 rings (SSSR count). The average molecular weight is 811 g/mol. The number of rotatable bonds is 12.